The van der Waals surface area contributed by atoms with Crippen LogP contribution >= 0.6 is 15.9 Å². The molecular formula is C15H13BrN2O4. The van der Waals surface area contributed by atoms with Gasteiger partial charge in [0.25, 0.3) is 11.6 Å². The minimum absolute atomic E-state index is 0.0364. The maximum absolute atomic E-state index is 11.9. The first kappa shape index (κ1) is 16.0. The fourth-order valence-corrected chi connectivity index (χ4v) is 2.23. The highest BCUT2D eigenvalue weighted by Crippen LogP contribution is 2.25. The Hall–Kier alpha value is -2.41. The van der Waals surface area contributed by atoms with E-state index in [2.05, 4.69) is 21.2 Å². The van der Waals surface area contributed by atoms with Crippen molar-refractivity contribution < 1.29 is 14.5 Å². The van der Waals surface area contributed by atoms with Gasteiger partial charge in [0.05, 0.1) is 16.2 Å². The number of halogens is 1. The van der Waals surface area contributed by atoms with E-state index in [1.807, 2.05) is 6.07 Å². The predicted molar refractivity (Wildman–Crippen MR) is 86.1 cm³/mol. The maximum Gasteiger partial charge on any atom is 0.274 e. The molecule has 0 unspecified atom stereocenters. The van der Waals surface area contributed by atoms with E-state index in [1.54, 1.807) is 31.2 Å². The van der Waals surface area contributed by atoms with Crippen molar-refractivity contribution in [2.75, 3.05) is 11.9 Å². The number of hydrogen-bond acceptors (Lipinski definition) is 4. The molecule has 0 aliphatic carbocycles. The van der Waals surface area contributed by atoms with Crippen LogP contribution in [-0.2, 0) is 4.79 Å². The summed E-state index contributed by atoms with van der Waals surface area (Å²) in [6, 6.07) is 11.6. The number of nitro groups is 1. The standard InChI is InChI=1S/C15H13BrN2O4/c1-10-13(6-3-7-14(10)18(20)21)17-15(19)9-22-12-5-2-4-11(16)8-12/h2-8H,9H2,1H3,(H,17,19). The van der Waals surface area contributed by atoms with Crippen molar-refractivity contribution in [2.24, 2.45) is 0 Å². The Kier molecular flexibility index (Phi) is 5.11. The van der Waals surface area contributed by atoms with Crippen LogP contribution < -0.4 is 10.1 Å². The minimum Gasteiger partial charge on any atom is -0.484 e. The summed E-state index contributed by atoms with van der Waals surface area (Å²) < 4.78 is 6.21. The van der Waals surface area contributed by atoms with Crippen LogP contribution in [0.3, 0.4) is 0 Å². The Labute approximate surface area is 135 Å². The number of anilines is 1. The van der Waals surface area contributed by atoms with Crippen molar-refractivity contribution in [1.29, 1.82) is 0 Å². The van der Waals surface area contributed by atoms with Gasteiger partial charge in [0.15, 0.2) is 6.61 Å². The molecule has 0 radical (unpaired) electrons. The summed E-state index contributed by atoms with van der Waals surface area (Å²) in [5.41, 5.74) is 0.769. The number of carbonyl (C=O) groups is 1. The van der Waals surface area contributed by atoms with Crippen molar-refractivity contribution in [2.45, 2.75) is 6.92 Å². The largest absolute Gasteiger partial charge is 0.484 e. The van der Waals surface area contributed by atoms with Crippen LogP contribution in [0.4, 0.5) is 11.4 Å². The number of benzene rings is 2. The Bertz CT molecular complexity index is 718. The Morgan fingerprint density at radius 2 is 2.05 bits per heavy atom. The highest BCUT2D eigenvalue weighted by molar-refractivity contribution is 9.10. The highest BCUT2D eigenvalue weighted by atomic mass is 79.9. The number of amides is 1. The third kappa shape index (κ3) is 4.05. The van der Waals surface area contributed by atoms with Crippen LogP contribution in [0.5, 0.6) is 5.75 Å². The molecule has 22 heavy (non-hydrogen) atoms. The van der Waals surface area contributed by atoms with Gasteiger partial charge in [-0.1, -0.05) is 28.1 Å². The van der Waals surface area contributed by atoms with E-state index in [0.29, 0.717) is 17.0 Å². The van der Waals surface area contributed by atoms with E-state index >= 15 is 0 Å². The number of nitro benzene ring substituents is 1. The first-order valence-corrected chi connectivity index (χ1v) is 7.19. The summed E-state index contributed by atoms with van der Waals surface area (Å²) in [5, 5.41) is 13.5. The van der Waals surface area contributed by atoms with Gasteiger partial charge in [-0.2, -0.15) is 0 Å². The topological polar surface area (TPSA) is 81.5 Å². The van der Waals surface area contributed by atoms with Crippen LogP contribution in [0, 0.1) is 17.0 Å². The van der Waals surface area contributed by atoms with Crippen molar-refractivity contribution >= 4 is 33.2 Å². The molecule has 0 bridgehead atoms. The van der Waals surface area contributed by atoms with Crippen molar-refractivity contribution in [1.82, 2.24) is 0 Å². The molecule has 0 heterocycles. The zero-order chi connectivity index (χ0) is 16.1. The van der Waals surface area contributed by atoms with E-state index in [4.69, 9.17) is 4.74 Å². The Morgan fingerprint density at radius 3 is 2.73 bits per heavy atom. The molecule has 1 N–H and O–H groups in total. The fraction of sp³-hybridized carbons (Fsp3) is 0.133. The molecule has 0 saturated carbocycles. The molecule has 0 fully saturated rings. The summed E-state index contributed by atoms with van der Waals surface area (Å²) in [7, 11) is 0. The van der Waals surface area contributed by atoms with Gasteiger partial charge in [0.1, 0.15) is 5.75 Å². The summed E-state index contributed by atoms with van der Waals surface area (Å²) in [6.07, 6.45) is 0. The monoisotopic (exact) mass is 364 g/mol. The van der Waals surface area contributed by atoms with Gasteiger partial charge >= 0.3 is 0 Å². The van der Waals surface area contributed by atoms with Crippen LogP contribution in [0.1, 0.15) is 5.56 Å². The lowest BCUT2D eigenvalue weighted by molar-refractivity contribution is -0.385. The van der Waals surface area contributed by atoms with Crippen LogP contribution in [0.25, 0.3) is 0 Å². The van der Waals surface area contributed by atoms with E-state index in [0.717, 1.165) is 4.47 Å². The lowest BCUT2D eigenvalue weighted by Crippen LogP contribution is -2.20. The normalized spacial score (nSPS) is 10.1. The minimum atomic E-state index is -0.483. The van der Waals surface area contributed by atoms with E-state index in [1.165, 1.54) is 12.1 Å². The van der Waals surface area contributed by atoms with Gasteiger partial charge < -0.3 is 10.1 Å². The molecule has 2 aromatic rings. The lowest BCUT2D eigenvalue weighted by atomic mass is 10.1. The van der Waals surface area contributed by atoms with Crippen molar-refractivity contribution in [3.05, 3.63) is 62.6 Å². The second-order valence-corrected chi connectivity index (χ2v) is 5.42. The smallest absolute Gasteiger partial charge is 0.274 e. The molecule has 0 aromatic heterocycles. The van der Waals surface area contributed by atoms with Gasteiger partial charge in [-0.25, -0.2) is 0 Å². The molecular weight excluding hydrogens is 352 g/mol. The molecule has 0 aliphatic heterocycles. The average molecular weight is 365 g/mol. The summed E-state index contributed by atoms with van der Waals surface area (Å²) in [5.74, 6) is 0.170. The summed E-state index contributed by atoms with van der Waals surface area (Å²) >= 11 is 3.31. The van der Waals surface area contributed by atoms with Gasteiger partial charge in [0.2, 0.25) is 0 Å². The second-order valence-electron chi connectivity index (χ2n) is 4.50. The van der Waals surface area contributed by atoms with E-state index < -0.39 is 4.92 Å². The number of rotatable bonds is 5. The van der Waals surface area contributed by atoms with Crippen molar-refractivity contribution in [3.63, 3.8) is 0 Å². The lowest BCUT2D eigenvalue weighted by Gasteiger charge is -2.10. The van der Waals surface area contributed by atoms with Gasteiger partial charge in [0, 0.05) is 10.5 Å². The van der Waals surface area contributed by atoms with Crippen LogP contribution in [-0.4, -0.2) is 17.4 Å². The highest BCUT2D eigenvalue weighted by Gasteiger charge is 2.14. The maximum atomic E-state index is 11.9. The quantitative estimate of drug-likeness (QED) is 0.647. The van der Waals surface area contributed by atoms with Crippen LogP contribution in [0.15, 0.2) is 46.9 Å². The van der Waals surface area contributed by atoms with Crippen LogP contribution in [0.2, 0.25) is 0 Å². The zero-order valence-corrected chi connectivity index (χ0v) is 13.3. The summed E-state index contributed by atoms with van der Waals surface area (Å²) in [6.45, 7) is 1.40. The van der Waals surface area contributed by atoms with E-state index in [9.17, 15) is 14.9 Å². The fourth-order valence-electron chi connectivity index (χ4n) is 1.85. The first-order valence-electron chi connectivity index (χ1n) is 6.39. The van der Waals surface area contributed by atoms with Gasteiger partial charge in [-0.15, -0.1) is 0 Å². The number of nitrogens with zero attached hydrogens (tertiary/aromatic N) is 1. The molecule has 7 heteroatoms. The molecule has 0 atom stereocenters. The molecule has 2 rings (SSSR count). The third-order valence-electron chi connectivity index (χ3n) is 2.94. The predicted octanol–water partition coefficient (Wildman–Crippen LogP) is 3.68. The van der Waals surface area contributed by atoms with E-state index in [-0.39, 0.29) is 18.2 Å². The average Bonchev–Trinajstić information content (AvgIpc) is 2.47. The summed E-state index contributed by atoms with van der Waals surface area (Å²) in [4.78, 5) is 22.3. The van der Waals surface area contributed by atoms with Gasteiger partial charge in [-0.3, -0.25) is 14.9 Å². The molecule has 0 saturated heterocycles. The molecule has 0 spiro atoms. The van der Waals surface area contributed by atoms with Crippen molar-refractivity contribution in [3.8, 4) is 5.75 Å². The molecule has 6 nitrogen and oxygen atoms in total. The Morgan fingerprint density at radius 1 is 1.32 bits per heavy atom. The number of ether oxygens (including phenoxy) is 1. The molecule has 114 valence electrons. The third-order valence-corrected chi connectivity index (χ3v) is 3.44. The molecule has 2 aromatic carbocycles. The number of hydrogen-bond donors (Lipinski definition) is 1. The SMILES string of the molecule is Cc1c(NC(=O)COc2cccc(Br)c2)cccc1[N+](=O)[O-]. The first-order chi connectivity index (χ1) is 10.5. The molecule has 0 aliphatic rings. The number of nitrogens with one attached hydrogen (secondary N) is 1. The second kappa shape index (κ2) is 7.04. The Balaban J connectivity index is 2.01. The molecule has 1 amide bonds. The van der Waals surface area contributed by atoms with Gasteiger partial charge in [-0.05, 0) is 31.2 Å². The number of carbonyl (C=O) groups excluding carboxylic acids is 1. The zero-order valence-electron chi connectivity index (χ0n) is 11.7.